The Morgan fingerprint density at radius 3 is 2.37 bits per heavy atom. The first-order valence-electron chi connectivity index (χ1n) is 7.01. The smallest absolute Gasteiger partial charge is 0.311 e. The summed E-state index contributed by atoms with van der Waals surface area (Å²) in [6, 6.07) is 0. The number of hydrogen-bond donors (Lipinski definition) is 1. The minimum Gasteiger partial charge on any atom is -0.462 e. The molecule has 112 valence electrons. The SMILES string of the molecule is CC(C)(O)CCCC1(C)OC1COC(=O)C(C)(C)C. The molecule has 0 aromatic rings. The molecule has 1 rings (SSSR count). The Morgan fingerprint density at radius 1 is 1.32 bits per heavy atom. The molecule has 0 radical (unpaired) electrons. The first kappa shape index (κ1) is 16.4. The molecule has 0 aliphatic carbocycles. The second-order valence-electron chi connectivity index (χ2n) is 7.43. The van der Waals surface area contributed by atoms with E-state index in [0.717, 1.165) is 19.3 Å². The summed E-state index contributed by atoms with van der Waals surface area (Å²) in [4.78, 5) is 11.6. The quantitative estimate of drug-likeness (QED) is 0.596. The number of rotatable bonds is 6. The molecule has 1 heterocycles. The fourth-order valence-electron chi connectivity index (χ4n) is 1.96. The van der Waals surface area contributed by atoms with Crippen LogP contribution in [0, 0.1) is 5.41 Å². The van der Waals surface area contributed by atoms with Gasteiger partial charge in [-0.25, -0.2) is 0 Å². The monoisotopic (exact) mass is 272 g/mol. The average Bonchev–Trinajstić information content (AvgIpc) is 2.82. The number of esters is 1. The van der Waals surface area contributed by atoms with Crippen LogP contribution in [0.2, 0.25) is 0 Å². The summed E-state index contributed by atoms with van der Waals surface area (Å²) in [6.07, 6.45) is 2.54. The van der Waals surface area contributed by atoms with Gasteiger partial charge in [0.25, 0.3) is 0 Å². The van der Waals surface area contributed by atoms with Gasteiger partial charge in [0.05, 0.1) is 16.6 Å². The molecule has 2 atom stereocenters. The summed E-state index contributed by atoms with van der Waals surface area (Å²) in [5.74, 6) is -0.193. The molecule has 4 heteroatoms. The summed E-state index contributed by atoms with van der Waals surface area (Å²) in [7, 11) is 0. The van der Waals surface area contributed by atoms with Gasteiger partial charge in [-0.2, -0.15) is 0 Å². The summed E-state index contributed by atoms with van der Waals surface area (Å²) in [5.41, 5.74) is -1.28. The third kappa shape index (κ3) is 5.49. The molecule has 1 aliphatic heterocycles. The van der Waals surface area contributed by atoms with E-state index in [1.54, 1.807) is 0 Å². The van der Waals surface area contributed by atoms with Crippen molar-refractivity contribution < 1.29 is 19.4 Å². The number of aliphatic hydroxyl groups is 1. The molecule has 1 N–H and O–H groups in total. The van der Waals surface area contributed by atoms with E-state index >= 15 is 0 Å². The van der Waals surface area contributed by atoms with Gasteiger partial charge in [-0.3, -0.25) is 4.79 Å². The van der Waals surface area contributed by atoms with Crippen molar-refractivity contribution in [2.24, 2.45) is 5.41 Å². The van der Waals surface area contributed by atoms with Crippen LogP contribution in [-0.2, 0) is 14.3 Å². The molecule has 0 bridgehead atoms. The van der Waals surface area contributed by atoms with Gasteiger partial charge >= 0.3 is 5.97 Å². The second kappa shape index (κ2) is 5.41. The van der Waals surface area contributed by atoms with Gasteiger partial charge in [-0.05, 0) is 60.8 Å². The summed E-state index contributed by atoms with van der Waals surface area (Å²) in [5, 5.41) is 9.66. The molecule has 1 fully saturated rings. The van der Waals surface area contributed by atoms with Crippen molar-refractivity contribution in [1.82, 2.24) is 0 Å². The van der Waals surface area contributed by atoms with Gasteiger partial charge in [0.2, 0.25) is 0 Å². The zero-order valence-corrected chi connectivity index (χ0v) is 13.1. The second-order valence-corrected chi connectivity index (χ2v) is 7.43. The van der Waals surface area contributed by atoms with Gasteiger partial charge in [-0.1, -0.05) is 0 Å². The summed E-state index contributed by atoms with van der Waals surface area (Å²) in [6.45, 7) is 11.5. The van der Waals surface area contributed by atoms with Crippen LogP contribution in [-0.4, -0.2) is 35.0 Å². The maximum atomic E-state index is 11.6. The molecule has 0 spiro atoms. The van der Waals surface area contributed by atoms with E-state index in [1.807, 2.05) is 41.5 Å². The van der Waals surface area contributed by atoms with E-state index < -0.39 is 11.0 Å². The Bertz CT molecular complexity index is 324. The predicted molar refractivity (Wildman–Crippen MR) is 73.8 cm³/mol. The molecule has 1 saturated heterocycles. The van der Waals surface area contributed by atoms with E-state index in [1.165, 1.54) is 0 Å². The van der Waals surface area contributed by atoms with Gasteiger partial charge in [0.15, 0.2) is 0 Å². The van der Waals surface area contributed by atoms with Crippen molar-refractivity contribution >= 4 is 5.97 Å². The Labute approximate surface area is 116 Å². The normalized spacial score (nSPS) is 27.2. The van der Waals surface area contributed by atoms with Crippen molar-refractivity contribution in [2.75, 3.05) is 6.61 Å². The highest BCUT2D eigenvalue weighted by Crippen LogP contribution is 2.41. The van der Waals surface area contributed by atoms with Crippen molar-refractivity contribution in [3.8, 4) is 0 Å². The zero-order valence-electron chi connectivity index (χ0n) is 13.1. The minimum absolute atomic E-state index is 0.000560. The van der Waals surface area contributed by atoms with Gasteiger partial charge in [-0.15, -0.1) is 0 Å². The first-order valence-corrected chi connectivity index (χ1v) is 7.01. The number of ether oxygens (including phenoxy) is 2. The van der Waals surface area contributed by atoms with Crippen molar-refractivity contribution in [3.63, 3.8) is 0 Å². The highest BCUT2D eigenvalue weighted by Gasteiger charge is 2.52. The Balaban J connectivity index is 2.24. The van der Waals surface area contributed by atoms with Crippen LogP contribution in [0.15, 0.2) is 0 Å². The molecular weight excluding hydrogens is 244 g/mol. The highest BCUT2D eigenvalue weighted by molar-refractivity contribution is 5.75. The van der Waals surface area contributed by atoms with Crippen molar-refractivity contribution in [2.45, 2.75) is 78.1 Å². The topological polar surface area (TPSA) is 59.1 Å². The zero-order chi connectivity index (χ0) is 14.9. The molecule has 19 heavy (non-hydrogen) atoms. The van der Waals surface area contributed by atoms with Crippen LogP contribution in [0.1, 0.15) is 60.8 Å². The molecule has 0 aromatic heterocycles. The van der Waals surface area contributed by atoms with Crippen LogP contribution >= 0.6 is 0 Å². The molecule has 0 saturated carbocycles. The van der Waals surface area contributed by atoms with Crippen LogP contribution < -0.4 is 0 Å². The largest absolute Gasteiger partial charge is 0.462 e. The van der Waals surface area contributed by atoms with Crippen LogP contribution in [0.25, 0.3) is 0 Å². The molecular formula is C15H28O4. The predicted octanol–water partition coefficient (Wildman–Crippen LogP) is 2.67. The van der Waals surface area contributed by atoms with Crippen LogP contribution in [0.4, 0.5) is 0 Å². The van der Waals surface area contributed by atoms with E-state index in [-0.39, 0.29) is 17.7 Å². The third-order valence-electron chi connectivity index (χ3n) is 3.48. The minimum atomic E-state index is -0.626. The lowest BCUT2D eigenvalue weighted by Gasteiger charge is -2.18. The van der Waals surface area contributed by atoms with Crippen LogP contribution in [0.3, 0.4) is 0 Å². The average molecular weight is 272 g/mol. The maximum absolute atomic E-state index is 11.6. The lowest BCUT2D eigenvalue weighted by atomic mass is 9.95. The summed E-state index contributed by atoms with van der Waals surface area (Å²) >= 11 is 0. The number of carbonyl (C=O) groups excluding carboxylic acids is 1. The standard InChI is InChI=1S/C15H28O4/c1-13(2,3)12(16)18-10-11-15(6,19-11)9-7-8-14(4,5)17/h11,17H,7-10H2,1-6H3. The fraction of sp³-hybridized carbons (Fsp3) is 0.933. The Hall–Kier alpha value is -0.610. The van der Waals surface area contributed by atoms with Crippen molar-refractivity contribution in [3.05, 3.63) is 0 Å². The Morgan fingerprint density at radius 2 is 1.89 bits per heavy atom. The van der Waals surface area contributed by atoms with Crippen LogP contribution in [0.5, 0.6) is 0 Å². The summed E-state index contributed by atoms with van der Waals surface area (Å²) < 4.78 is 10.9. The first-order chi connectivity index (χ1) is 8.44. The van der Waals surface area contributed by atoms with E-state index in [9.17, 15) is 9.90 Å². The molecule has 0 aromatic carbocycles. The Kier molecular flexibility index (Phi) is 4.68. The van der Waals surface area contributed by atoms with E-state index in [2.05, 4.69) is 0 Å². The van der Waals surface area contributed by atoms with E-state index in [4.69, 9.17) is 9.47 Å². The van der Waals surface area contributed by atoms with Gasteiger partial charge < -0.3 is 14.6 Å². The lowest BCUT2D eigenvalue weighted by Crippen LogP contribution is -2.26. The van der Waals surface area contributed by atoms with Gasteiger partial charge in [0.1, 0.15) is 12.7 Å². The number of hydrogen-bond acceptors (Lipinski definition) is 4. The van der Waals surface area contributed by atoms with Crippen molar-refractivity contribution in [1.29, 1.82) is 0 Å². The molecule has 4 nitrogen and oxygen atoms in total. The molecule has 2 unspecified atom stereocenters. The highest BCUT2D eigenvalue weighted by atomic mass is 16.6. The number of carbonyl (C=O) groups is 1. The number of epoxide rings is 1. The molecule has 0 amide bonds. The third-order valence-corrected chi connectivity index (χ3v) is 3.48. The maximum Gasteiger partial charge on any atom is 0.311 e. The van der Waals surface area contributed by atoms with E-state index in [0.29, 0.717) is 6.61 Å². The molecule has 1 aliphatic rings. The van der Waals surface area contributed by atoms with Gasteiger partial charge in [0, 0.05) is 0 Å². The lowest BCUT2D eigenvalue weighted by molar-refractivity contribution is -0.153. The fourth-order valence-corrected chi connectivity index (χ4v) is 1.96.